The third-order valence-corrected chi connectivity index (χ3v) is 4.25. The first-order valence-electron chi connectivity index (χ1n) is 6.61. The molecule has 5 nitrogen and oxygen atoms in total. The standard InChI is InChI=1S/C13H18N4OS/c1-2-17-10-14-15-13(17)12-9-16(5-6-18-12)8-11-4-3-7-19-11/h3-4,7,10,12H,2,5-6,8-9H2,1H3. The molecule has 1 fully saturated rings. The van der Waals surface area contributed by atoms with Crippen LogP contribution in [0.4, 0.5) is 0 Å². The summed E-state index contributed by atoms with van der Waals surface area (Å²) in [5.41, 5.74) is 0. The fraction of sp³-hybridized carbons (Fsp3) is 0.538. The first kappa shape index (κ1) is 12.8. The fourth-order valence-electron chi connectivity index (χ4n) is 2.38. The van der Waals surface area contributed by atoms with Crippen molar-refractivity contribution in [2.45, 2.75) is 26.1 Å². The summed E-state index contributed by atoms with van der Waals surface area (Å²) in [5.74, 6) is 0.943. The van der Waals surface area contributed by atoms with Gasteiger partial charge < -0.3 is 9.30 Å². The third-order valence-electron chi connectivity index (χ3n) is 3.38. The number of aryl methyl sites for hydroxylation is 1. The van der Waals surface area contributed by atoms with Crippen molar-refractivity contribution in [2.75, 3.05) is 19.7 Å². The van der Waals surface area contributed by atoms with Crippen molar-refractivity contribution >= 4 is 11.3 Å². The molecular formula is C13H18N4OS. The highest BCUT2D eigenvalue weighted by Crippen LogP contribution is 2.22. The van der Waals surface area contributed by atoms with E-state index in [2.05, 4.69) is 44.1 Å². The highest BCUT2D eigenvalue weighted by Gasteiger charge is 2.25. The average Bonchev–Trinajstić information content (AvgIpc) is 3.09. The van der Waals surface area contributed by atoms with Crippen LogP contribution in [0.15, 0.2) is 23.8 Å². The molecule has 0 amide bonds. The second-order valence-corrected chi connectivity index (χ2v) is 5.68. The van der Waals surface area contributed by atoms with E-state index in [4.69, 9.17) is 4.74 Å². The van der Waals surface area contributed by atoms with Gasteiger partial charge in [0.25, 0.3) is 0 Å². The third kappa shape index (κ3) is 2.86. The van der Waals surface area contributed by atoms with Gasteiger partial charge in [0.15, 0.2) is 5.82 Å². The zero-order valence-electron chi connectivity index (χ0n) is 11.0. The summed E-state index contributed by atoms with van der Waals surface area (Å²) in [6, 6.07) is 4.29. The second-order valence-electron chi connectivity index (χ2n) is 4.65. The summed E-state index contributed by atoms with van der Waals surface area (Å²) in [4.78, 5) is 3.83. The summed E-state index contributed by atoms with van der Waals surface area (Å²) < 4.78 is 7.91. The molecule has 102 valence electrons. The van der Waals surface area contributed by atoms with Crippen LogP contribution in [-0.2, 0) is 17.8 Å². The zero-order valence-corrected chi connectivity index (χ0v) is 11.8. The van der Waals surface area contributed by atoms with Crippen molar-refractivity contribution in [3.05, 3.63) is 34.5 Å². The largest absolute Gasteiger partial charge is 0.368 e. The molecular weight excluding hydrogens is 260 g/mol. The lowest BCUT2D eigenvalue weighted by Crippen LogP contribution is -2.38. The summed E-state index contributed by atoms with van der Waals surface area (Å²) >= 11 is 1.81. The van der Waals surface area contributed by atoms with Crippen LogP contribution in [0.5, 0.6) is 0 Å². The van der Waals surface area contributed by atoms with Crippen molar-refractivity contribution in [1.29, 1.82) is 0 Å². The molecule has 0 aliphatic carbocycles. The Morgan fingerprint density at radius 3 is 3.26 bits per heavy atom. The van der Waals surface area contributed by atoms with Crippen LogP contribution in [0.2, 0.25) is 0 Å². The van der Waals surface area contributed by atoms with Gasteiger partial charge in [-0.2, -0.15) is 0 Å². The Labute approximate surface area is 116 Å². The summed E-state index contributed by atoms with van der Waals surface area (Å²) in [5, 5.41) is 10.3. The van der Waals surface area contributed by atoms with Gasteiger partial charge in [0.2, 0.25) is 0 Å². The van der Waals surface area contributed by atoms with Crippen molar-refractivity contribution < 1.29 is 4.74 Å². The maximum absolute atomic E-state index is 5.85. The number of hydrogen-bond acceptors (Lipinski definition) is 5. The highest BCUT2D eigenvalue weighted by atomic mass is 32.1. The van der Waals surface area contributed by atoms with Gasteiger partial charge in [-0.3, -0.25) is 4.90 Å². The van der Waals surface area contributed by atoms with Crippen molar-refractivity contribution in [3.8, 4) is 0 Å². The van der Waals surface area contributed by atoms with E-state index in [1.54, 1.807) is 6.33 Å². The van der Waals surface area contributed by atoms with Crippen molar-refractivity contribution in [1.82, 2.24) is 19.7 Å². The molecule has 0 N–H and O–H groups in total. The van der Waals surface area contributed by atoms with Crippen LogP contribution >= 0.6 is 11.3 Å². The molecule has 3 heterocycles. The van der Waals surface area contributed by atoms with Gasteiger partial charge in [0.05, 0.1) is 6.61 Å². The molecule has 2 aromatic rings. The van der Waals surface area contributed by atoms with Crippen LogP contribution in [-0.4, -0.2) is 39.4 Å². The van der Waals surface area contributed by atoms with Gasteiger partial charge in [-0.05, 0) is 18.4 Å². The Hall–Kier alpha value is -1.24. The maximum Gasteiger partial charge on any atom is 0.163 e. The molecule has 1 aliphatic heterocycles. The van der Waals surface area contributed by atoms with Gasteiger partial charge in [0, 0.05) is 31.1 Å². The summed E-state index contributed by atoms with van der Waals surface area (Å²) in [7, 11) is 0. The highest BCUT2D eigenvalue weighted by molar-refractivity contribution is 7.09. The maximum atomic E-state index is 5.85. The molecule has 0 spiro atoms. The van der Waals surface area contributed by atoms with Gasteiger partial charge in [0.1, 0.15) is 12.4 Å². The van der Waals surface area contributed by atoms with Crippen LogP contribution in [0.25, 0.3) is 0 Å². The minimum atomic E-state index is 0.0381. The number of nitrogens with zero attached hydrogens (tertiary/aromatic N) is 4. The lowest BCUT2D eigenvalue weighted by molar-refractivity contribution is -0.0385. The van der Waals surface area contributed by atoms with E-state index >= 15 is 0 Å². The zero-order chi connectivity index (χ0) is 13.1. The Balaban J connectivity index is 1.68. The number of ether oxygens (including phenoxy) is 1. The van der Waals surface area contributed by atoms with Gasteiger partial charge in [-0.15, -0.1) is 21.5 Å². The van der Waals surface area contributed by atoms with E-state index in [-0.39, 0.29) is 6.10 Å². The molecule has 1 aliphatic rings. The van der Waals surface area contributed by atoms with E-state index in [1.807, 2.05) is 11.3 Å². The summed E-state index contributed by atoms with van der Waals surface area (Å²) in [6.07, 6.45) is 1.81. The lowest BCUT2D eigenvalue weighted by Gasteiger charge is -2.32. The first-order chi connectivity index (χ1) is 9.36. The molecule has 3 rings (SSSR count). The number of hydrogen-bond donors (Lipinski definition) is 0. The number of morpholine rings is 1. The number of rotatable bonds is 4. The molecule has 1 unspecified atom stereocenters. The molecule has 0 saturated carbocycles. The number of thiophene rings is 1. The molecule has 19 heavy (non-hydrogen) atoms. The second kappa shape index (κ2) is 5.81. The van der Waals surface area contributed by atoms with E-state index in [0.29, 0.717) is 0 Å². The molecule has 0 bridgehead atoms. The van der Waals surface area contributed by atoms with Gasteiger partial charge in [-0.25, -0.2) is 0 Å². The van der Waals surface area contributed by atoms with Crippen molar-refractivity contribution in [2.24, 2.45) is 0 Å². The minimum absolute atomic E-state index is 0.0381. The van der Waals surface area contributed by atoms with Crippen LogP contribution in [0.3, 0.4) is 0 Å². The molecule has 1 saturated heterocycles. The quantitative estimate of drug-likeness (QED) is 0.857. The van der Waals surface area contributed by atoms with Gasteiger partial charge in [-0.1, -0.05) is 6.07 Å². The van der Waals surface area contributed by atoms with Gasteiger partial charge >= 0.3 is 0 Å². The Kier molecular flexibility index (Phi) is 3.91. The van der Waals surface area contributed by atoms with Crippen LogP contribution in [0, 0.1) is 0 Å². The Bertz CT molecular complexity index is 510. The first-order valence-corrected chi connectivity index (χ1v) is 7.49. The smallest absolute Gasteiger partial charge is 0.163 e. The summed E-state index contributed by atoms with van der Waals surface area (Å²) in [6.45, 7) is 6.60. The molecule has 6 heteroatoms. The molecule has 2 aromatic heterocycles. The Morgan fingerprint density at radius 1 is 1.53 bits per heavy atom. The van der Waals surface area contributed by atoms with E-state index in [0.717, 1.165) is 38.6 Å². The normalized spacial score (nSPS) is 20.8. The monoisotopic (exact) mass is 278 g/mol. The van der Waals surface area contributed by atoms with Crippen LogP contribution in [0.1, 0.15) is 23.7 Å². The molecule has 0 aromatic carbocycles. The van der Waals surface area contributed by atoms with Crippen LogP contribution < -0.4 is 0 Å². The average molecular weight is 278 g/mol. The van der Waals surface area contributed by atoms with E-state index in [1.165, 1.54) is 4.88 Å². The predicted molar refractivity (Wildman–Crippen MR) is 74.0 cm³/mol. The fourth-order valence-corrected chi connectivity index (χ4v) is 3.13. The number of aromatic nitrogens is 3. The van der Waals surface area contributed by atoms with E-state index in [9.17, 15) is 0 Å². The SMILES string of the molecule is CCn1cnnc1C1CN(Cc2cccs2)CCO1. The predicted octanol–water partition coefficient (Wildman–Crippen LogP) is 1.93. The van der Waals surface area contributed by atoms with E-state index < -0.39 is 0 Å². The lowest BCUT2D eigenvalue weighted by atomic mass is 10.2. The van der Waals surface area contributed by atoms with Crippen molar-refractivity contribution in [3.63, 3.8) is 0 Å². The molecule has 1 atom stereocenters. The topological polar surface area (TPSA) is 43.2 Å². The Morgan fingerprint density at radius 2 is 2.47 bits per heavy atom. The minimum Gasteiger partial charge on any atom is -0.368 e. The molecule has 0 radical (unpaired) electrons.